The van der Waals surface area contributed by atoms with Gasteiger partial charge in [-0.1, -0.05) is 12.1 Å². The van der Waals surface area contributed by atoms with E-state index >= 15 is 0 Å². The molecule has 0 atom stereocenters. The van der Waals surface area contributed by atoms with Gasteiger partial charge in [0.1, 0.15) is 22.8 Å². The summed E-state index contributed by atoms with van der Waals surface area (Å²) in [4.78, 5) is 27.2. The van der Waals surface area contributed by atoms with Gasteiger partial charge in [0.2, 0.25) is 0 Å². The van der Waals surface area contributed by atoms with Gasteiger partial charge in [-0.2, -0.15) is 0 Å². The van der Waals surface area contributed by atoms with Crippen LogP contribution in [0.1, 0.15) is 15.2 Å². The molecular formula is C21H24FN5O2S. The minimum atomic E-state index is -0.201. The van der Waals surface area contributed by atoms with E-state index in [0.29, 0.717) is 49.9 Å². The number of methoxy groups -OCH3 is 1. The summed E-state index contributed by atoms with van der Waals surface area (Å²) >= 11 is 1.38. The predicted octanol–water partition coefficient (Wildman–Crippen LogP) is 2.84. The van der Waals surface area contributed by atoms with Gasteiger partial charge in [-0.05, 0) is 24.6 Å². The molecule has 4 rings (SSSR count). The first-order chi connectivity index (χ1) is 14.6. The zero-order valence-corrected chi connectivity index (χ0v) is 17.8. The van der Waals surface area contributed by atoms with Crippen molar-refractivity contribution in [2.45, 2.75) is 6.92 Å². The second-order valence-electron chi connectivity index (χ2n) is 7.11. The van der Waals surface area contributed by atoms with Crippen LogP contribution in [0.25, 0.3) is 10.2 Å². The summed E-state index contributed by atoms with van der Waals surface area (Å²) < 4.78 is 19.1. The number of carbonyl (C=O) groups is 1. The Balaban J connectivity index is 1.55. The molecule has 1 amide bonds. The molecule has 1 N–H and O–H groups in total. The molecule has 0 unspecified atom stereocenters. The van der Waals surface area contributed by atoms with E-state index in [1.807, 2.05) is 19.1 Å². The highest BCUT2D eigenvalue weighted by Gasteiger charge is 2.25. The molecule has 158 valence electrons. The number of nitrogens with zero attached hydrogens (tertiary/aromatic N) is 4. The summed E-state index contributed by atoms with van der Waals surface area (Å²) in [5.74, 6) is 0.508. The highest BCUT2D eigenvalue weighted by atomic mass is 32.1. The lowest BCUT2D eigenvalue weighted by Crippen LogP contribution is -2.47. The van der Waals surface area contributed by atoms with Crippen LogP contribution < -0.4 is 15.1 Å². The molecule has 30 heavy (non-hydrogen) atoms. The normalized spacial score (nSPS) is 14.4. The molecule has 1 aromatic carbocycles. The molecule has 1 saturated heterocycles. The van der Waals surface area contributed by atoms with Gasteiger partial charge in [0, 0.05) is 39.8 Å². The van der Waals surface area contributed by atoms with Crippen LogP contribution >= 0.6 is 11.3 Å². The zero-order chi connectivity index (χ0) is 21.1. The fourth-order valence-corrected chi connectivity index (χ4v) is 4.78. The maximum Gasteiger partial charge on any atom is 0.261 e. The third kappa shape index (κ3) is 3.95. The van der Waals surface area contributed by atoms with Gasteiger partial charge in [-0.3, -0.25) is 4.79 Å². The van der Waals surface area contributed by atoms with Gasteiger partial charge in [0.15, 0.2) is 0 Å². The molecule has 3 aromatic rings. The van der Waals surface area contributed by atoms with E-state index in [-0.39, 0.29) is 11.7 Å². The largest absolute Gasteiger partial charge is 0.383 e. The fraction of sp³-hybridized carbons (Fsp3) is 0.381. The van der Waals surface area contributed by atoms with Crippen molar-refractivity contribution in [2.75, 3.05) is 56.2 Å². The van der Waals surface area contributed by atoms with Crippen molar-refractivity contribution in [1.29, 1.82) is 0 Å². The van der Waals surface area contributed by atoms with Gasteiger partial charge >= 0.3 is 0 Å². The number of halogens is 1. The highest BCUT2D eigenvalue weighted by Crippen LogP contribution is 2.35. The molecule has 1 aliphatic rings. The Morgan fingerprint density at radius 3 is 2.67 bits per heavy atom. The number of nitrogens with one attached hydrogen (secondary N) is 1. The van der Waals surface area contributed by atoms with E-state index in [1.54, 1.807) is 19.5 Å². The quantitative estimate of drug-likeness (QED) is 0.608. The topological polar surface area (TPSA) is 70.6 Å². The number of hydrogen-bond donors (Lipinski definition) is 1. The first kappa shape index (κ1) is 20.5. The number of benzene rings is 1. The zero-order valence-electron chi connectivity index (χ0n) is 17.0. The van der Waals surface area contributed by atoms with Crippen LogP contribution in [0.3, 0.4) is 0 Å². The van der Waals surface area contributed by atoms with E-state index in [4.69, 9.17) is 4.74 Å². The van der Waals surface area contributed by atoms with Gasteiger partial charge in [-0.15, -0.1) is 11.3 Å². The van der Waals surface area contributed by atoms with E-state index < -0.39 is 0 Å². The van der Waals surface area contributed by atoms with Crippen LogP contribution in [-0.4, -0.2) is 62.3 Å². The number of aromatic nitrogens is 2. The number of hydrogen-bond acceptors (Lipinski definition) is 7. The monoisotopic (exact) mass is 429 g/mol. The maximum atomic E-state index is 14.1. The number of fused-ring (bicyclic) bond motifs is 1. The second kappa shape index (κ2) is 8.93. The number of piperazine rings is 1. The lowest BCUT2D eigenvalue weighted by Gasteiger charge is -2.37. The molecule has 9 heteroatoms. The minimum Gasteiger partial charge on any atom is -0.383 e. The van der Waals surface area contributed by atoms with E-state index in [9.17, 15) is 9.18 Å². The molecule has 2 aromatic heterocycles. The first-order valence-electron chi connectivity index (χ1n) is 9.85. The molecule has 3 heterocycles. The first-order valence-corrected chi connectivity index (χ1v) is 10.7. The van der Waals surface area contributed by atoms with Crippen LogP contribution in [0.15, 0.2) is 30.6 Å². The molecule has 1 fully saturated rings. The van der Waals surface area contributed by atoms with Crippen molar-refractivity contribution in [2.24, 2.45) is 0 Å². The second-order valence-corrected chi connectivity index (χ2v) is 8.11. The van der Waals surface area contributed by atoms with Gasteiger partial charge in [0.25, 0.3) is 5.91 Å². The molecule has 1 aliphatic heterocycles. The fourth-order valence-electron chi connectivity index (χ4n) is 3.72. The number of aryl methyl sites for hydroxylation is 1. The van der Waals surface area contributed by atoms with Crippen LogP contribution in [0, 0.1) is 12.7 Å². The molecular weight excluding hydrogens is 405 g/mol. The molecule has 0 aliphatic carbocycles. The van der Waals surface area contributed by atoms with Crippen LogP contribution in [0.4, 0.5) is 15.9 Å². The lowest BCUT2D eigenvalue weighted by atomic mass is 10.1. The summed E-state index contributed by atoms with van der Waals surface area (Å²) in [5, 5.41) is 3.79. The van der Waals surface area contributed by atoms with Crippen molar-refractivity contribution in [3.63, 3.8) is 0 Å². The van der Waals surface area contributed by atoms with Crippen molar-refractivity contribution in [3.8, 4) is 0 Å². The average molecular weight is 430 g/mol. The van der Waals surface area contributed by atoms with E-state index in [0.717, 1.165) is 21.6 Å². The maximum absolute atomic E-state index is 14.1. The summed E-state index contributed by atoms with van der Waals surface area (Å²) in [6.45, 7) is 5.68. The standard InChI is InChI=1S/C21H24FN5O2S/c1-14-17-19(24-13-25-21(17)30-18(14)20(28)23-7-12-29-2)27-10-8-26(9-11-27)16-6-4-3-5-15(16)22/h3-6,13H,7-12H2,1-2H3,(H,23,28). The Morgan fingerprint density at radius 2 is 1.93 bits per heavy atom. The van der Waals surface area contributed by atoms with Crippen LogP contribution in [-0.2, 0) is 4.74 Å². The van der Waals surface area contributed by atoms with Gasteiger partial charge in [-0.25, -0.2) is 14.4 Å². The summed E-state index contributed by atoms with van der Waals surface area (Å²) in [6.07, 6.45) is 1.55. The smallest absolute Gasteiger partial charge is 0.261 e. The Labute approximate surface area is 178 Å². The highest BCUT2D eigenvalue weighted by molar-refractivity contribution is 7.20. The summed E-state index contributed by atoms with van der Waals surface area (Å²) in [5.41, 5.74) is 1.52. The molecule has 0 spiro atoms. The number of anilines is 2. The van der Waals surface area contributed by atoms with Crippen molar-refractivity contribution in [1.82, 2.24) is 15.3 Å². The van der Waals surface area contributed by atoms with Gasteiger partial charge in [0.05, 0.1) is 22.6 Å². The number of thiophene rings is 1. The lowest BCUT2D eigenvalue weighted by molar-refractivity contribution is 0.0940. The van der Waals surface area contributed by atoms with Crippen LogP contribution in [0.5, 0.6) is 0 Å². The average Bonchev–Trinajstić information content (AvgIpc) is 3.11. The minimum absolute atomic E-state index is 0.122. The number of rotatable bonds is 6. The number of para-hydroxylation sites is 1. The Morgan fingerprint density at radius 1 is 1.20 bits per heavy atom. The SMILES string of the molecule is COCCNC(=O)c1sc2ncnc(N3CCN(c4ccccc4F)CC3)c2c1C. The van der Waals surface area contributed by atoms with Gasteiger partial charge < -0.3 is 19.9 Å². The summed E-state index contributed by atoms with van der Waals surface area (Å²) in [6, 6.07) is 6.86. The Bertz CT molecular complexity index is 1050. The van der Waals surface area contributed by atoms with Crippen molar-refractivity contribution < 1.29 is 13.9 Å². The van der Waals surface area contributed by atoms with E-state index in [2.05, 4.69) is 25.1 Å². The predicted molar refractivity (Wildman–Crippen MR) is 117 cm³/mol. The number of amides is 1. The third-order valence-electron chi connectivity index (χ3n) is 5.28. The molecule has 0 radical (unpaired) electrons. The Kier molecular flexibility index (Phi) is 6.10. The molecule has 0 saturated carbocycles. The number of carbonyl (C=O) groups excluding carboxylic acids is 1. The van der Waals surface area contributed by atoms with Crippen molar-refractivity contribution >= 4 is 39.0 Å². The molecule has 0 bridgehead atoms. The Hall–Kier alpha value is -2.78. The molecule has 7 nitrogen and oxygen atoms in total. The van der Waals surface area contributed by atoms with E-state index in [1.165, 1.54) is 17.4 Å². The summed E-state index contributed by atoms with van der Waals surface area (Å²) in [7, 11) is 1.60. The van der Waals surface area contributed by atoms with Crippen molar-refractivity contribution in [3.05, 3.63) is 46.9 Å². The third-order valence-corrected chi connectivity index (χ3v) is 6.48. The number of ether oxygens (including phenoxy) is 1. The van der Waals surface area contributed by atoms with Crippen LogP contribution in [0.2, 0.25) is 0 Å².